The molecule has 0 spiro atoms. The summed E-state index contributed by atoms with van der Waals surface area (Å²) in [6, 6.07) is 27.8. The third-order valence-corrected chi connectivity index (χ3v) is 9.22. The van der Waals surface area contributed by atoms with E-state index in [0.29, 0.717) is 45.3 Å². The van der Waals surface area contributed by atoms with Gasteiger partial charge in [-0.15, -0.1) is 0 Å². The Labute approximate surface area is 249 Å². The first-order valence-corrected chi connectivity index (χ1v) is 15.8. The first-order chi connectivity index (χ1) is 19.2. The molecule has 0 aliphatic heterocycles. The van der Waals surface area contributed by atoms with Gasteiger partial charge in [-0.05, 0) is 73.2 Å². The second-order valence-electron chi connectivity index (χ2n) is 8.87. The minimum Gasteiger partial charge on any atom is -0.457 e. The average molecular weight is 616 g/mol. The Morgan fingerprint density at radius 3 is 2.25 bits per heavy atom. The van der Waals surface area contributed by atoms with Crippen molar-refractivity contribution in [2.75, 3.05) is 23.1 Å². The zero-order valence-corrected chi connectivity index (χ0v) is 24.9. The molecule has 1 amide bonds. The van der Waals surface area contributed by atoms with Gasteiger partial charge >= 0.3 is 0 Å². The molecule has 0 bridgehead atoms. The maximum absolute atomic E-state index is 13.6. The normalized spacial score (nSPS) is 11.2. The standard InChI is InChI=1S/C30H28Cl2N2O4S2/c1-22-7-15-28(16-8-22)40(36,37)34(25-11-13-27(14-12-25)38-26-5-3-2-4-6-26)20-30(35)33-17-18-39-21-23-9-10-24(31)19-29(23)32/h2-16,19H,17-18,20-21H2,1H3,(H,33,35). The molecule has 0 fully saturated rings. The van der Waals surface area contributed by atoms with Crippen LogP contribution in [-0.2, 0) is 20.6 Å². The molecule has 0 radical (unpaired) electrons. The number of halogens is 2. The van der Waals surface area contributed by atoms with Crippen LogP contribution in [0.4, 0.5) is 5.69 Å². The number of carbonyl (C=O) groups is 1. The topological polar surface area (TPSA) is 75.7 Å². The van der Waals surface area contributed by atoms with Crippen molar-refractivity contribution >= 4 is 56.6 Å². The van der Waals surface area contributed by atoms with E-state index < -0.39 is 15.9 Å². The second-order valence-corrected chi connectivity index (χ2v) is 12.7. The third-order valence-electron chi connectivity index (χ3n) is 5.84. The highest BCUT2D eigenvalue weighted by Crippen LogP contribution is 2.28. The van der Waals surface area contributed by atoms with Crippen LogP contribution in [0.1, 0.15) is 11.1 Å². The lowest BCUT2D eigenvalue weighted by Crippen LogP contribution is -2.41. The SMILES string of the molecule is Cc1ccc(S(=O)(=O)N(CC(=O)NCCSCc2ccc(Cl)cc2Cl)c2ccc(Oc3ccccc3)cc2)cc1. The molecule has 0 aromatic heterocycles. The minimum absolute atomic E-state index is 0.103. The van der Waals surface area contributed by atoms with Gasteiger partial charge in [0.25, 0.3) is 10.0 Å². The molecule has 10 heteroatoms. The molecule has 1 N–H and O–H groups in total. The number of anilines is 1. The van der Waals surface area contributed by atoms with Gasteiger partial charge in [0, 0.05) is 28.1 Å². The van der Waals surface area contributed by atoms with Crippen molar-refractivity contribution in [1.29, 1.82) is 0 Å². The summed E-state index contributed by atoms with van der Waals surface area (Å²) in [5.74, 6) is 2.09. The van der Waals surface area contributed by atoms with Crippen LogP contribution >= 0.6 is 35.0 Å². The van der Waals surface area contributed by atoms with E-state index in [9.17, 15) is 13.2 Å². The summed E-state index contributed by atoms with van der Waals surface area (Å²) in [5, 5.41) is 4.00. The number of amides is 1. The Morgan fingerprint density at radius 2 is 1.57 bits per heavy atom. The highest BCUT2D eigenvalue weighted by Gasteiger charge is 2.27. The fraction of sp³-hybridized carbons (Fsp3) is 0.167. The fourth-order valence-electron chi connectivity index (χ4n) is 3.73. The van der Waals surface area contributed by atoms with Crippen LogP contribution < -0.4 is 14.4 Å². The Balaban J connectivity index is 1.43. The van der Waals surface area contributed by atoms with Gasteiger partial charge in [0.15, 0.2) is 0 Å². The number of nitrogens with one attached hydrogen (secondary N) is 1. The van der Waals surface area contributed by atoms with Gasteiger partial charge in [0.05, 0.1) is 10.6 Å². The molecule has 4 aromatic carbocycles. The van der Waals surface area contributed by atoms with Gasteiger partial charge in [-0.25, -0.2) is 8.42 Å². The van der Waals surface area contributed by atoms with Gasteiger partial charge in [0.1, 0.15) is 18.0 Å². The van der Waals surface area contributed by atoms with E-state index in [1.807, 2.05) is 43.3 Å². The molecular formula is C30H28Cl2N2O4S2. The van der Waals surface area contributed by atoms with Crippen molar-refractivity contribution in [1.82, 2.24) is 5.32 Å². The summed E-state index contributed by atoms with van der Waals surface area (Å²) < 4.78 is 34.2. The number of benzene rings is 4. The number of hydrogen-bond donors (Lipinski definition) is 1. The summed E-state index contributed by atoms with van der Waals surface area (Å²) in [7, 11) is -4.02. The summed E-state index contributed by atoms with van der Waals surface area (Å²) in [5.41, 5.74) is 2.24. The summed E-state index contributed by atoms with van der Waals surface area (Å²) in [4.78, 5) is 13.0. The van der Waals surface area contributed by atoms with Crippen molar-refractivity contribution in [3.63, 3.8) is 0 Å². The van der Waals surface area contributed by atoms with Crippen molar-refractivity contribution in [2.24, 2.45) is 0 Å². The van der Waals surface area contributed by atoms with Crippen molar-refractivity contribution in [3.05, 3.63) is 118 Å². The highest BCUT2D eigenvalue weighted by molar-refractivity contribution is 7.98. The highest BCUT2D eigenvalue weighted by atomic mass is 35.5. The van der Waals surface area contributed by atoms with Crippen LogP contribution in [0, 0.1) is 6.92 Å². The summed E-state index contributed by atoms with van der Waals surface area (Å²) >= 11 is 13.8. The molecule has 0 saturated carbocycles. The lowest BCUT2D eigenvalue weighted by atomic mass is 10.2. The molecule has 0 heterocycles. The molecule has 0 saturated heterocycles. The molecule has 0 aliphatic rings. The summed E-state index contributed by atoms with van der Waals surface area (Å²) in [6.45, 7) is 1.88. The van der Waals surface area contributed by atoms with Gasteiger partial charge in [-0.3, -0.25) is 9.10 Å². The van der Waals surface area contributed by atoms with Crippen molar-refractivity contribution in [2.45, 2.75) is 17.6 Å². The quantitative estimate of drug-likeness (QED) is 0.169. The number of ether oxygens (including phenoxy) is 1. The van der Waals surface area contributed by atoms with Crippen LogP contribution in [-0.4, -0.2) is 33.2 Å². The Bertz CT molecular complexity index is 1530. The van der Waals surface area contributed by atoms with Gasteiger partial charge < -0.3 is 10.1 Å². The maximum Gasteiger partial charge on any atom is 0.264 e. The monoisotopic (exact) mass is 614 g/mol. The second kappa shape index (κ2) is 13.9. The van der Waals surface area contributed by atoms with E-state index >= 15 is 0 Å². The van der Waals surface area contributed by atoms with Gasteiger partial charge in [-0.1, -0.05) is 65.2 Å². The number of para-hydroxylation sites is 1. The Morgan fingerprint density at radius 1 is 0.900 bits per heavy atom. The van der Waals surface area contributed by atoms with E-state index in [1.165, 1.54) is 0 Å². The first kappa shape index (κ1) is 29.8. The van der Waals surface area contributed by atoms with E-state index in [4.69, 9.17) is 27.9 Å². The Kier molecular flexibility index (Phi) is 10.4. The third kappa shape index (κ3) is 8.17. The van der Waals surface area contributed by atoms with Gasteiger partial charge in [-0.2, -0.15) is 11.8 Å². The van der Waals surface area contributed by atoms with Crippen molar-refractivity contribution < 1.29 is 17.9 Å². The zero-order chi connectivity index (χ0) is 28.5. The van der Waals surface area contributed by atoms with Crippen LogP contribution in [0.2, 0.25) is 10.0 Å². The summed E-state index contributed by atoms with van der Waals surface area (Å²) in [6.07, 6.45) is 0. The van der Waals surface area contributed by atoms with Gasteiger partial charge in [0.2, 0.25) is 5.91 Å². The molecule has 40 heavy (non-hydrogen) atoms. The van der Waals surface area contributed by atoms with Crippen LogP contribution in [0.3, 0.4) is 0 Å². The van der Waals surface area contributed by atoms with Crippen LogP contribution in [0.5, 0.6) is 11.5 Å². The molecule has 0 unspecified atom stereocenters. The fourth-order valence-corrected chi connectivity index (χ4v) is 6.57. The number of carbonyl (C=O) groups excluding carboxylic acids is 1. The van der Waals surface area contributed by atoms with Crippen molar-refractivity contribution in [3.8, 4) is 11.5 Å². The molecule has 0 aliphatic carbocycles. The number of nitrogens with zero attached hydrogens (tertiary/aromatic N) is 1. The number of aryl methyl sites for hydroxylation is 1. The lowest BCUT2D eigenvalue weighted by molar-refractivity contribution is -0.119. The maximum atomic E-state index is 13.6. The molecule has 208 valence electrons. The minimum atomic E-state index is -4.02. The smallest absolute Gasteiger partial charge is 0.264 e. The predicted octanol–water partition coefficient (Wildman–Crippen LogP) is 7.34. The Hall–Kier alpha value is -3.17. The number of rotatable bonds is 12. The van der Waals surface area contributed by atoms with E-state index in [-0.39, 0.29) is 11.4 Å². The van der Waals surface area contributed by atoms with E-state index in [0.717, 1.165) is 15.4 Å². The number of hydrogen-bond acceptors (Lipinski definition) is 5. The molecule has 4 rings (SSSR count). The molecule has 6 nitrogen and oxygen atoms in total. The zero-order valence-electron chi connectivity index (χ0n) is 21.7. The largest absolute Gasteiger partial charge is 0.457 e. The lowest BCUT2D eigenvalue weighted by Gasteiger charge is -2.24. The molecular weight excluding hydrogens is 587 g/mol. The van der Waals surface area contributed by atoms with E-state index in [1.54, 1.807) is 72.4 Å². The van der Waals surface area contributed by atoms with E-state index in [2.05, 4.69) is 5.32 Å². The first-order valence-electron chi connectivity index (χ1n) is 12.4. The predicted molar refractivity (Wildman–Crippen MR) is 164 cm³/mol. The average Bonchev–Trinajstić information content (AvgIpc) is 2.94. The molecule has 4 aromatic rings. The van der Waals surface area contributed by atoms with Crippen LogP contribution in [0.25, 0.3) is 0 Å². The number of thioether (sulfide) groups is 1. The molecule has 0 atom stereocenters. The van der Waals surface area contributed by atoms with Crippen LogP contribution in [0.15, 0.2) is 102 Å². The number of sulfonamides is 1.